The molecule has 1 aliphatic heterocycles. The van der Waals surface area contributed by atoms with Crippen LogP contribution in [0.1, 0.15) is 42.9 Å². The van der Waals surface area contributed by atoms with E-state index in [1.807, 2.05) is 0 Å². The van der Waals surface area contributed by atoms with Crippen molar-refractivity contribution in [3.63, 3.8) is 0 Å². The summed E-state index contributed by atoms with van der Waals surface area (Å²) in [6, 6.07) is 2.06. The Kier molecular flexibility index (Phi) is 4.58. The van der Waals surface area contributed by atoms with E-state index in [-0.39, 0.29) is 5.91 Å². The van der Waals surface area contributed by atoms with Crippen LogP contribution >= 0.6 is 0 Å². The van der Waals surface area contributed by atoms with E-state index in [9.17, 15) is 4.79 Å². The highest BCUT2D eigenvalue weighted by atomic mass is 16.5. The van der Waals surface area contributed by atoms with Gasteiger partial charge in [-0.1, -0.05) is 19.0 Å². The predicted octanol–water partition coefficient (Wildman–Crippen LogP) is 1.83. The lowest BCUT2D eigenvalue weighted by Crippen LogP contribution is -2.45. The van der Waals surface area contributed by atoms with Crippen LogP contribution < -0.4 is 5.32 Å². The normalized spacial score (nSPS) is 17.9. The third-order valence-electron chi connectivity index (χ3n) is 3.70. The monoisotopic (exact) mass is 265 g/mol. The van der Waals surface area contributed by atoms with E-state index in [1.165, 1.54) is 12.8 Å². The van der Waals surface area contributed by atoms with Crippen LogP contribution in [0.2, 0.25) is 0 Å². The fourth-order valence-electron chi connectivity index (χ4n) is 2.61. The quantitative estimate of drug-likeness (QED) is 0.882. The van der Waals surface area contributed by atoms with Gasteiger partial charge >= 0.3 is 0 Å². The number of carbonyl (C=O) groups is 1. The number of aryl methyl sites for hydroxylation is 1. The van der Waals surface area contributed by atoms with Crippen LogP contribution in [-0.4, -0.2) is 41.6 Å². The molecule has 0 saturated carbocycles. The summed E-state index contributed by atoms with van der Waals surface area (Å²) in [6.45, 7) is 9.15. The molecular weight excluding hydrogens is 242 g/mol. The Labute approximate surface area is 114 Å². The number of rotatable bonds is 5. The van der Waals surface area contributed by atoms with Crippen LogP contribution in [0.15, 0.2) is 10.6 Å². The van der Waals surface area contributed by atoms with Crippen molar-refractivity contribution < 1.29 is 9.32 Å². The fourth-order valence-corrected chi connectivity index (χ4v) is 2.61. The molecule has 5 nitrogen and oxygen atoms in total. The van der Waals surface area contributed by atoms with Gasteiger partial charge in [-0.15, -0.1) is 0 Å². The first-order chi connectivity index (χ1) is 9.08. The van der Waals surface area contributed by atoms with Gasteiger partial charge in [0.15, 0.2) is 0 Å². The number of carbonyl (C=O) groups excluding carboxylic acids is 1. The van der Waals surface area contributed by atoms with Gasteiger partial charge in [-0.2, -0.15) is 0 Å². The van der Waals surface area contributed by atoms with Crippen molar-refractivity contribution in [2.24, 2.45) is 5.92 Å². The van der Waals surface area contributed by atoms with Crippen LogP contribution in [0, 0.1) is 12.8 Å². The number of nitrogens with one attached hydrogen (secondary N) is 1. The van der Waals surface area contributed by atoms with Crippen molar-refractivity contribution in [3.8, 4) is 0 Å². The number of aromatic nitrogens is 1. The van der Waals surface area contributed by atoms with Gasteiger partial charge in [0.25, 0.3) is 5.91 Å². The van der Waals surface area contributed by atoms with Crippen molar-refractivity contribution in [2.75, 3.05) is 19.6 Å². The molecule has 1 N–H and O–H groups in total. The molecule has 2 heterocycles. The molecular formula is C14H23N3O2. The van der Waals surface area contributed by atoms with Crippen LogP contribution in [0.5, 0.6) is 0 Å². The molecule has 1 fully saturated rings. The third-order valence-corrected chi connectivity index (χ3v) is 3.70. The lowest BCUT2D eigenvalue weighted by molar-refractivity contribution is 0.0890. The van der Waals surface area contributed by atoms with Gasteiger partial charge in [0, 0.05) is 18.7 Å². The van der Waals surface area contributed by atoms with E-state index < -0.39 is 0 Å². The zero-order valence-corrected chi connectivity index (χ0v) is 12.0. The molecule has 106 valence electrons. The largest absolute Gasteiger partial charge is 0.351 e. The second kappa shape index (κ2) is 6.19. The van der Waals surface area contributed by atoms with Crippen molar-refractivity contribution >= 4 is 5.91 Å². The minimum Gasteiger partial charge on any atom is -0.351 e. The highest BCUT2D eigenvalue weighted by Crippen LogP contribution is 2.17. The highest BCUT2D eigenvalue weighted by Gasteiger charge is 2.25. The van der Waals surface area contributed by atoms with Gasteiger partial charge in [0.05, 0.1) is 5.69 Å². The Hall–Kier alpha value is -1.36. The van der Waals surface area contributed by atoms with Gasteiger partial charge in [0.1, 0.15) is 0 Å². The number of amides is 1. The summed E-state index contributed by atoms with van der Waals surface area (Å²) >= 11 is 0. The fraction of sp³-hybridized carbons (Fsp3) is 0.714. The van der Waals surface area contributed by atoms with Gasteiger partial charge in [-0.3, -0.25) is 9.69 Å². The van der Waals surface area contributed by atoms with E-state index in [1.54, 1.807) is 13.0 Å². The molecule has 0 unspecified atom stereocenters. The molecule has 2 rings (SSSR count). The number of nitrogens with zero attached hydrogens (tertiary/aromatic N) is 2. The Morgan fingerprint density at radius 2 is 2.16 bits per heavy atom. The molecule has 1 aliphatic rings. The van der Waals surface area contributed by atoms with Crippen molar-refractivity contribution in [3.05, 3.63) is 17.5 Å². The second-order valence-corrected chi connectivity index (χ2v) is 5.60. The molecule has 0 radical (unpaired) electrons. The Morgan fingerprint density at radius 3 is 2.68 bits per heavy atom. The van der Waals surface area contributed by atoms with Gasteiger partial charge in [0.2, 0.25) is 5.76 Å². The SMILES string of the molecule is Cc1cc(C(=O)NC[C@@H](C(C)C)N2CCCC2)on1. The van der Waals surface area contributed by atoms with Gasteiger partial charge in [-0.25, -0.2) is 0 Å². The molecule has 19 heavy (non-hydrogen) atoms. The molecule has 0 bridgehead atoms. The molecule has 0 aliphatic carbocycles. The summed E-state index contributed by atoms with van der Waals surface area (Å²) in [5, 5.41) is 6.69. The molecule has 0 aromatic carbocycles. The van der Waals surface area contributed by atoms with Gasteiger partial charge < -0.3 is 9.84 Å². The maximum absolute atomic E-state index is 11.9. The van der Waals surface area contributed by atoms with Crippen molar-refractivity contribution in [1.82, 2.24) is 15.4 Å². The van der Waals surface area contributed by atoms with Crippen molar-refractivity contribution in [2.45, 2.75) is 39.7 Å². The molecule has 1 saturated heterocycles. The highest BCUT2D eigenvalue weighted by molar-refractivity contribution is 5.91. The van der Waals surface area contributed by atoms with E-state index in [0.29, 0.717) is 24.3 Å². The Morgan fingerprint density at radius 1 is 1.47 bits per heavy atom. The average molecular weight is 265 g/mol. The van der Waals surface area contributed by atoms with E-state index in [2.05, 4.69) is 29.2 Å². The summed E-state index contributed by atoms with van der Waals surface area (Å²) in [5.74, 6) is 0.640. The maximum atomic E-state index is 11.9. The van der Waals surface area contributed by atoms with E-state index >= 15 is 0 Å². The minimum absolute atomic E-state index is 0.176. The summed E-state index contributed by atoms with van der Waals surface area (Å²) < 4.78 is 4.97. The second-order valence-electron chi connectivity index (χ2n) is 5.60. The molecule has 1 atom stereocenters. The average Bonchev–Trinajstić information content (AvgIpc) is 3.00. The molecule has 5 heteroatoms. The lowest BCUT2D eigenvalue weighted by atomic mass is 10.0. The summed E-state index contributed by atoms with van der Waals surface area (Å²) in [6.07, 6.45) is 2.52. The van der Waals surface area contributed by atoms with Gasteiger partial charge in [-0.05, 0) is 38.8 Å². The Bertz CT molecular complexity index is 422. The predicted molar refractivity (Wildman–Crippen MR) is 73.0 cm³/mol. The minimum atomic E-state index is -0.176. The maximum Gasteiger partial charge on any atom is 0.289 e. The molecule has 1 amide bonds. The zero-order chi connectivity index (χ0) is 13.8. The summed E-state index contributed by atoms with van der Waals surface area (Å²) in [5.41, 5.74) is 0.727. The molecule has 1 aromatic heterocycles. The number of likely N-dealkylation sites (tertiary alicyclic amines) is 1. The summed E-state index contributed by atoms with van der Waals surface area (Å²) in [7, 11) is 0. The zero-order valence-electron chi connectivity index (χ0n) is 12.0. The van der Waals surface area contributed by atoms with Crippen LogP contribution in [0.4, 0.5) is 0 Å². The first-order valence-electron chi connectivity index (χ1n) is 7.03. The van der Waals surface area contributed by atoms with Crippen LogP contribution in [0.25, 0.3) is 0 Å². The first-order valence-corrected chi connectivity index (χ1v) is 7.03. The molecule has 0 spiro atoms. The van der Waals surface area contributed by atoms with E-state index in [0.717, 1.165) is 18.8 Å². The molecule has 1 aromatic rings. The Balaban J connectivity index is 1.89. The number of hydrogen-bond donors (Lipinski definition) is 1. The van der Waals surface area contributed by atoms with E-state index in [4.69, 9.17) is 4.52 Å². The smallest absolute Gasteiger partial charge is 0.289 e. The standard InChI is InChI=1S/C14H23N3O2/c1-10(2)12(17-6-4-5-7-17)9-15-14(18)13-8-11(3)16-19-13/h8,10,12H,4-7,9H2,1-3H3,(H,15,18)/t12-/m0/s1. The van der Waals surface area contributed by atoms with Crippen LogP contribution in [-0.2, 0) is 0 Å². The summed E-state index contributed by atoms with van der Waals surface area (Å²) in [4.78, 5) is 14.4. The first kappa shape index (κ1) is 14.1. The third kappa shape index (κ3) is 3.56. The topological polar surface area (TPSA) is 58.4 Å². The lowest BCUT2D eigenvalue weighted by Gasteiger charge is -2.30. The van der Waals surface area contributed by atoms with Crippen LogP contribution in [0.3, 0.4) is 0 Å². The van der Waals surface area contributed by atoms with Crippen molar-refractivity contribution in [1.29, 1.82) is 0 Å². The number of hydrogen-bond acceptors (Lipinski definition) is 4.